The molecule has 152 valence electrons. The molecule has 1 aromatic heterocycles. The van der Waals surface area contributed by atoms with Gasteiger partial charge in [0.05, 0.1) is 0 Å². The molecule has 2 aromatic rings. The van der Waals surface area contributed by atoms with E-state index in [-0.39, 0.29) is 11.7 Å². The van der Waals surface area contributed by atoms with E-state index in [1.165, 1.54) is 0 Å². The number of phenolic OH excluding ortho intramolecular Hbond substituents is 1. The number of carbonyl (C=O) groups is 1. The van der Waals surface area contributed by atoms with E-state index in [4.69, 9.17) is 0 Å². The first kappa shape index (κ1) is 20.4. The quantitative estimate of drug-likeness (QED) is 0.760. The van der Waals surface area contributed by atoms with Crippen molar-refractivity contribution >= 4 is 5.91 Å². The summed E-state index contributed by atoms with van der Waals surface area (Å²) in [5.74, 6) is 1.91. The minimum Gasteiger partial charge on any atom is -0.508 e. The molecule has 1 aliphatic rings. The SMILES string of the molecule is CN(C)CCCn1ccnc1C1CCCN(C(=O)CCc2ccc(O)cc2)C1. The largest absolute Gasteiger partial charge is 0.508 e. The van der Waals surface area contributed by atoms with Gasteiger partial charge in [0.1, 0.15) is 11.6 Å². The van der Waals surface area contributed by atoms with Crippen LogP contribution in [0.1, 0.15) is 43.0 Å². The number of likely N-dealkylation sites (tertiary alicyclic amines) is 1. The number of aryl methyl sites for hydroxylation is 2. The Morgan fingerprint density at radius 2 is 2.07 bits per heavy atom. The highest BCUT2D eigenvalue weighted by Gasteiger charge is 2.27. The number of aromatic nitrogens is 2. The maximum atomic E-state index is 12.7. The second-order valence-electron chi connectivity index (χ2n) is 7.98. The van der Waals surface area contributed by atoms with Gasteiger partial charge in [0.15, 0.2) is 0 Å². The summed E-state index contributed by atoms with van der Waals surface area (Å²) in [5, 5.41) is 9.38. The molecule has 0 aliphatic carbocycles. The Balaban J connectivity index is 1.54. The van der Waals surface area contributed by atoms with Crippen LogP contribution in [0.5, 0.6) is 5.75 Å². The van der Waals surface area contributed by atoms with Gasteiger partial charge in [-0.2, -0.15) is 0 Å². The van der Waals surface area contributed by atoms with Crippen molar-refractivity contribution in [1.82, 2.24) is 19.4 Å². The number of imidazole rings is 1. The molecule has 6 nitrogen and oxygen atoms in total. The number of amides is 1. The van der Waals surface area contributed by atoms with E-state index in [2.05, 4.69) is 34.7 Å². The molecular weight excluding hydrogens is 352 g/mol. The topological polar surface area (TPSA) is 61.6 Å². The van der Waals surface area contributed by atoms with Crippen molar-refractivity contribution < 1.29 is 9.90 Å². The van der Waals surface area contributed by atoms with E-state index in [0.29, 0.717) is 18.8 Å². The highest BCUT2D eigenvalue weighted by Crippen LogP contribution is 2.26. The Labute approximate surface area is 167 Å². The van der Waals surface area contributed by atoms with Crippen molar-refractivity contribution in [1.29, 1.82) is 0 Å². The number of nitrogens with zero attached hydrogens (tertiary/aromatic N) is 4. The number of benzene rings is 1. The lowest BCUT2D eigenvalue weighted by molar-refractivity contribution is -0.132. The maximum absolute atomic E-state index is 12.7. The van der Waals surface area contributed by atoms with Crippen LogP contribution in [0.3, 0.4) is 0 Å². The molecule has 0 bridgehead atoms. The molecule has 1 atom stereocenters. The van der Waals surface area contributed by atoms with Crippen molar-refractivity contribution in [3.05, 3.63) is 48.0 Å². The molecule has 0 saturated carbocycles. The zero-order valence-electron chi connectivity index (χ0n) is 17.0. The fraction of sp³-hybridized carbons (Fsp3) is 0.545. The molecule has 1 N–H and O–H groups in total. The maximum Gasteiger partial charge on any atom is 0.222 e. The summed E-state index contributed by atoms with van der Waals surface area (Å²) in [7, 11) is 4.19. The molecule has 0 spiro atoms. The van der Waals surface area contributed by atoms with Gasteiger partial charge in [-0.3, -0.25) is 4.79 Å². The minimum absolute atomic E-state index is 0.212. The van der Waals surface area contributed by atoms with Crippen LogP contribution in [-0.4, -0.2) is 64.1 Å². The van der Waals surface area contributed by atoms with E-state index >= 15 is 0 Å². The molecule has 1 fully saturated rings. The summed E-state index contributed by atoms with van der Waals surface area (Å²) < 4.78 is 2.26. The number of hydrogen-bond donors (Lipinski definition) is 1. The van der Waals surface area contributed by atoms with E-state index in [0.717, 1.165) is 56.8 Å². The average Bonchev–Trinajstić information content (AvgIpc) is 3.15. The lowest BCUT2D eigenvalue weighted by Crippen LogP contribution is -2.39. The van der Waals surface area contributed by atoms with Crippen LogP contribution in [-0.2, 0) is 17.8 Å². The average molecular weight is 385 g/mol. The fourth-order valence-electron chi connectivity index (χ4n) is 3.91. The Kier molecular flexibility index (Phi) is 7.09. The molecule has 3 rings (SSSR count). The predicted octanol–water partition coefficient (Wildman–Crippen LogP) is 2.88. The number of rotatable bonds is 8. The Bertz CT molecular complexity index is 754. The van der Waals surface area contributed by atoms with Crippen molar-refractivity contribution in [3.63, 3.8) is 0 Å². The van der Waals surface area contributed by atoms with Crippen LogP contribution in [0.25, 0.3) is 0 Å². The summed E-state index contributed by atoms with van der Waals surface area (Å²) >= 11 is 0. The first-order valence-corrected chi connectivity index (χ1v) is 10.2. The Morgan fingerprint density at radius 1 is 1.29 bits per heavy atom. The standard InChI is InChI=1S/C22H32N4O2/c1-24(2)13-4-15-25-16-12-23-22(25)19-5-3-14-26(17-19)21(28)11-8-18-6-9-20(27)10-7-18/h6-7,9-10,12,16,19,27H,3-5,8,11,13-15,17H2,1-2H3. The Hall–Kier alpha value is -2.34. The van der Waals surface area contributed by atoms with Gasteiger partial charge < -0.3 is 19.5 Å². The summed E-state index contributed by atoms with van der Waals surface area (Å²) in [6.45, 7) is 3.63. The highest BCUT2D eigenvalue weighted by atomic mass is 16.3. The van der Waals surface area contributed by atoms with Crippen molar-refractivity contribution in [2.75, 3.05) is 33.7 Å². The van der Waals surface area contributed by atoms with Gasteiger partial charge in [-0.05, 0) is 64.0 Å². The summed E-state index contributed by atoms with van der Waals surface area (Å²) in [6, 6.07) is 7.11. The summed E-state index contributed by atoms with van der Waals surface area (Å²) in [4.78, 5) is 21.6. The van der Waals surface area contributed by atoms with Gasteiger partial charge in [-0.1, -0.05) is 12.1 Å². The Morgan fingerprint density at radius 3 is 2.82 bits per heavy atom. The number of phenols is 1. The fourth-order valence-corrected chi connectivity index (χ4v) is 3.91. The third-order valence-electron chi connectivity index (χ3n) is 5.46. The number of aromatic hydroxyl groups is 1. The van der Waals surface area contributed by atoms with Crippen molar-refractivity contribution in [3.8, 4) is 5.75 Å². The van der Waals surface area contributed by atoms with Crippen molar-refractivity contribution in [2.45, 2.75) is 44.6 Å². The molecule has 1 amide bonds. The zero-order chi connectivity index (χ0) is 19.9. The van der Waals surface area contributed by atoms with Crippen LogP contribution in [0.4, 0.5) is 0 Å². The number of carbonyl (C=O) groups excluding carboxylic acids is 1. The molecule has 1 saturated heterocycles. The van der Waals surface area contributed by atoms with E-state index < -0.39 is 0 Å². The van der Waals surface area contributed by atoms with Crippen LogP contribution in [0, 0.1) is 0 Å². The molecule has 6 heteroatoms. The van der Waals surface area contributed by atoms with E-state index in [1.807, 2.05) is 23.2 Å². The normalized spacial score (nSPS) is 17.2. The molecule has 28 heavy (non-hydrogen) atoms. The van der Waals surface area contributed by atoms with Gasteiger partial charge in [0.25, 0.3) is 0 Å². The molecular formula is C22H32N4O2. The van der Waals surface area contributed by atoms with Gasteiger partial charge in [0, 0.05) is 44.4 Å². The van der Waals surface area contributed by atoms with Gasteiger partial charge in [-0.15, -0.1) is 0 Å². The van der Waals surface area contributed by atoms with Crippen LogP contribution in [0.2, 0.25) is 0 Å². The first-order chi connectivity index (χ1) is 13.5. The zero-order valence-corrected chi connectivity index (χ0v) is 17.0. The molecule has 1 aliphatic heterocycles. The van der Waals surface area contributed by atoms with Crippen molar-refractivity contribution in [2.24, 2.45) is 0 Å². The third kappa shape index (κ3) is 5.58. The van der Waals surface area contributed by atoms with Gasteiger partial charge in [-0.25, -0.2) is 4.98 Å². The molecule has 1 aromatic carbocycles. The lowest BCUT2D eigenvalue weighted by atomic mass is 9.96. The second-order valence-corrected chi connectivity index (χ2v) is 7.98. The second kappa shape index (κ2) is 9.73. The van der Waals surface area contributed by atoms with E-state index in [9.17, 15) is 9.90 Å². The smallest absolute Gasteiger partial charge is 0.222 e. The molecule has 0 radical (unpaired) electrons. The third-order valence-corrected chi connectivity index (χ3v) is 5.46. The molecule has 1 unspecified atom stereocenters. The molecule has 2 heterocycles. The summed E-state index contributed by atoms with van der Waals surface area (Å²) in [6.07, 6.45) is 8.38. The lowest BCUT2D eigenvalue weighted by Gasteiger charge is -2.33. The van der Waals surface area contributed by atoms with Crippen LogP contribution >= 0.6 is 0 Å². The first-order valence-electron chi connectivity index (χ1n) is 10.2. The number of hydrogen-bond acceptors (Lipinski definition) is 4. The highest BCUT2D eigenvalue weighted by molar-refractivity contribution is 5.76. The monoisotopic (exact) mass is 384 g/mol. The summed E-state index contributed by atoms with van der Waals surface area (Å²) in [5.41, 5.74) is 1.08. The van der Waals surface area contributed by atoms with Crippen LogP contribution in [0.15, 0.2) is 36.7 Å². The van der Waals surface area contributed by atoms with Crippen LogP contribution < -0.4 is 0 Å². The minimum atomic E-state index is 0.212. The number of piperidine rings is 1. The van der Waals surface area contributed by atoms with Gasteiger partial charge in [0.2, 0.25) is 5.91 Å². The van der Waals surface area contributed by atoms with E-state index in [1.54, 1.807) is 12.1 Å². The predicted molar refractivity (Wildman–Crippen MR) is 110 cm³/mol. The van der Waals surface area contributed by atoms with Gasteiger partial charge >= 0.3 is 0 Å².